The van der Waals surface area contributed by atoms with Crippen LogP contribution in [-0.2, 0) is 8.85 Å². The Labute approximate surface area is 135 Å². The second-order valence-electron chi connectivity index (χ2n) is 6.22. The van der Waals surface area contributed by atoms with Gasteiger partial charge in [-0.2, -0.15) is 0 Å². The van der Waals surface area contributed by atoms with Crippen molar-refractivity contribution in [2.45, 2.75) is 98.1 Å². The molecule has 0 rings (SSSR count). The number of hydrogen-bond donors (Lipinski definition) is 0. The van der Waals surface area contributed by atoms with Crippen LogP contribution in [0, 0.1) is 5.92 Å². The number of rotatable bonds is 12. The molecule has 1 atom stereocenters. The summed E-state index contributed by atoms with van der Waals surface area (Å²) in [7, 11) is -2.28. The van der Waals surface area contributed by atoms with E-state index in [-0.39, 0.29) is 5.04 Å². The fourth-order valence-electron chi connectivity index (χ4n) is 4.48. The fourth-order valence-corrected chi connectivity index (χ4v) is 10.0. The Morgan fingerprint density at radius 2 is 1.19 bits per heavy atom. The summed E-state index contributed by atoms with van der Waals surface area (Å²) in [6, 6.07) is 0. The molecular weight excluding hydrogens is 276 g/mol. The Kier molecular flexibility index (Phi) is 10.1. The van der Waals surface area contributed by atoms with E-state index in [1.165, 1.54) is 25.7 Å². The molecule has 1 unspecified atom stereocenters. The second kappa shape index (κ2) is 10.0. The first-order valence-corrected chi connectivity index (χ1v) is 11.2. The van der Waals surface area contributed by atoms with Crippen molar-refractivity contribution in [2.75, 3.05) is 13.2 Å². The van der Waals surface area contributed by atoms with Gasteiger partial charge in [0.25, 0.3) is 0 Å². The van der Waals surface area contributed by atoms with Crippen LogP contribution in [0.25, 0.3) is 0 Å². The van der Waals surface area contributed by atoms with E-state index in [2.05, 4.69) is 55.4 Å². The van der Waals surface area contributed by atoms with Crippen LogP contribution in [0.1, 0.15) is 87.5 Å². The minimum absolute atomic E-state index is 0.234. The van der Waals surface area contributed by atoms with E-state index in [0.717, 1.165) is 19.6 Å². The lowest BCUT2D eigenvalue weighted by Gasteiger charge is -2.53. The molecule has 2 nitrogen and oxygen atoms in total. The monoisotopic (exact) mass is 316 g/mol. The van der Waals surface area contributed by atoms with E-state index in [1.807, 2.05) is 0 Å². The highest BCUT2D eigenvalue weighted by molar-refractivity contribution is 6.72. The highest BCUT2D eigenvalue weighted by atomic mass is 28.4. The molecule has 0 fully saturated rings. The average molecular weight is 317 g/mol. The SMILES string of the molecule is CCO[Si](OCC)(C(C)CC)C(CC)(CC)C(CC)CC. The first-order chi connectivity index (χ1) is 9.99. The van der Waals surface area contributed by atoms with Crippen molar-refractivity contribution in [1.29, 1.82) is 0 Å². The Balaban J connectivity index is 6.08. The lowest BCUT2D eigenvalue weighted by Crippen LogP contribution is -2.59. The normalized spacial score (nSPS) is 14.7. The smallest absolute Gasteiger partial charge is 0.347 e. The fraction of sp³-hybridized carbons (Fsp3) is 1.00. The summed E-state index contributed by atoms with van der Waals surface area (Å²) in [5.74, 6) is 0.700. The van der Waals surface area contributed by atoms with Gasteiger partial charge >= 0.3 is 8.56 Å². The van der Waals surface area contributed by atoms with Gasteiger partial charge in [-0.15, -0.1) is 0 Å². The van der Waals surface area contributed by atoms with Crippen LogP contribution in [0.5, 0.6) is 0 Å². The maximum atomic E-state index is 6.57. The molecule has 0 aromatic rings. The zero-order valence-corrected chi connectivity index (χ0v) is 16.9. The highest BCUT2D eigenvalue weighted by Gasteiger charge is 2.60. The summed E-state index contributed by atoms with van der Waals surface area (Å²) in [5.41, 5.74) is 0.540. The Morgan fingerprint density at radius 1 is 0.762 bits per heavy atom. The first kappa shape index (κ1) is 21.1. The van der Waals surface area contributed by atoms with Crippen LogP contribution >= 0.6 is 0 Å². The molecule has 0 saturated heterocycles. The third-order valence-electron chi connectivity index (χ3n) is 5.70. The van der Waals surface area contributed by atoms with Crippen molar-refractivity contribution in [3.05, 3.63) is 0 Å². The van der Waals surface area contributed by atoms with Crippen LogP contribution < -0.4 is 0 Å². The molecule has 0 N–H and O–H groups in total. The van der Waals surface area contributed by atoms with Crippen LogP contribution in [0.2, 0.25) is 10.6 Å². The van der Waals surface area contributed by atoms with Crippen molar-refractivity contribution in [2.24, 2.45) is 5.92 Å². The van der Waals surface area contributed by atoms with Crippen molar-refractivity contribution >= 4 is 8.56 Å². The topological polar surface area (TPSA) is 18.5 Å². The highest BCUT2D eigenvalue weighted by Crippen LogP contribution is 2.58. The molecule has 0 saturated carbocycles. The van der Waals surface area contributed by atoms with E-state index >= 15 is 0 Å². The van der Waals surface area contributed by atoms with Crippen molar-refractivity contribution in [3.63, 3.8) is 0 Å². The Bertz CT molecular complexity index is 254. The van der Waals surface area contributed by atoms with Gasteiger partial charge in [-0.05, 0) is 32.6 Å². The summed E-state index contributed by atoms with van der Waals surface area (Å²) in [6.07, 6.45) is 5.94. The Morgan fingerprint density at radius 3 is 1.43 bits per heavy atom. The molecule has 128 valence electrons. The summed E-state index contributed by atoms with van der Waals surface area (Å²) in [4.78, 5) is 0. The molecule has 0 heterocycles. The lowest BCUT2D eigenvalue weighted by molar-refractivity contribution is 0.111. The predicted octanol–water partition coefficient (Wildman–Crippen LogP) is 6.30. The number of hydrogen-bond acceptors (Lipinski definition) is 2. The molecule has 0 aliphatic carbocycles. The zero-order chi connectivity index (χ0) is 16.5. The first-order valence-electron chi connectivity index (χ1n) is 9.27. The second-order valence-corrected chi connectivity index (χ2v) is 10.1. The van der Waals surface area contributed by atoms with Gasteiger partial charge in [-0.1, -0.05) is 60.8 Å². The van der Waals surface area contributed by atoms with E-state index in [4.69, 9.17) is 8.85 Å². The van der Waals surface area contributed by atoms with Gasteiger partial charge < -0.3 is 8.85 Å². The minimum atomic E-state index is -2.28. The van der Waals surface area contributed by atoms with Crippen molar-refractivity contribution in [1.82, 2.24) is 0 Å². The third kappa shape index (κ3) is 3.91. The van der Waals surface area contributed by atoms with Gasteiger partial charge in [0.2, 0.25) is 0 Å². The van der Waals surface area contributed by atoms with Crippen LogP contribution in [-0.4, -0.2) is 21.8 Å². The van der Waals surface area contributed by atoms with E-state index < -0.39 is 8.56 Å². The molecule has 0 aromatic carbocycles. The molecule has 0 amide bonds. The van der Waals surface area contributed by atoms with Gasteiger partial charge in [-0.25, -0.2) is 0 Å². The quantitative estimate of drug-likeness (QED) is 0.393. The average Bonchev–Trinajstić information content (AvgIpc) is 2.51. The predicted molar refractivity (Wildman–Crippen MR) is 96.1 cm³/mol. The third-order valence-corrected chi connectivity index (χ3v) is 11.3. The summed E-state index contributed by atoms with van der Waals surface area (Å²) in [6.45, 7) is 19.8. The maximum absolute atomic E-state index is 6.57. The van der Waals surface area contributed by atoms with E-state index in [0.29, 0.717) is 11.5 Å². The molecule has 0 aliphatic rings. The van der Waals surface area contributed by atoms with Gasteiger partial charge in [0.15, 0.2) is 0 Å². The summed E-state index contributed by atoms with van der Waals surface area (Å²) >= 11 is 0. The lowest BCUT2D eigenvalue weighted by atomic mass is 9.83. The zero-order valence-electron chi connectivity index (χ0n) is 15.9. The molecule has 21 heavy (non-hydrogen) atoms. The largest absolute Gasteiger partial charge is 0.394 e. The van der Waals surface area contributed by atoms with E-state index in [9.17, 15) is 0 Å². The minimum Gasteiger partial charge on any atom is -0.394 e. The molecular formula is C18H40O2Si. The molecule has 0 bridgehead atoms. The molecule has 0 spiro atoms. The van der Waals surface area contributed by atoms with E-state index in [1.54, 1.807) is 0 Å². The van der Waals surface area contributed by atoms with Crippen LogP contribution in [0.3, 0.4) is 0 Å². The van der Waals surface area contributed by atoms with Crippen molar-refractivity contribution in [3.8, 4) is 0 Å². The van der Waals surface area contributed by atoms with Gasteiger partial charge in [0.05, 0.1) is 0 Å². The van der Waals surface area contributed by atoms with Gasteiger partial charge in [-0.3, -0.25) is 0 Å². The molecule has 3 heteroatoms. The molecule has 0 aromatic heterocycles. The van der Waals surface area contributed by atoms with Gasteiger partial charge in [0.1, 0.15) is 0 Å². The van der Waals surface area contributed by atoms with Crippen molar-refractivity contribution < 1.29 is 8.85 Å². The Hall–Kier alpha value is 0.137. The van der Waals surface area contributed by atoms with Crippen LogP contribution in [0.15, 0.2) is 0 Å². The summed E-state index contributed by atoms with van der Waals surface area (Å²) in [5, 5.41) is 0.234. The molecule has 0 radical (unpaired) electrons. The summed E-state index contributed by atoms with van der Waals surface area (Å²) < 4.78 is 13.1. The van der Waals surface area contributed by atoms with Crippen LogP contribution in [0.4, 0.5) is 0 Å². The molecule has 0 aliphatic heterocycles. The van der Waals surface area contributed by atoms with Gasteiger partial charge in [0, 0.05) is 23.8 Å². The maximum Gasteiger partial charge on any atom is 0.347 e. The standard InChI is InChI=1S/C18H40O2Si/c1-9-16(8)21(19-14-6,20-15-7)18(12-4,13-5)17(10-2)11-3/h16-17H,9-15H2,1-8H3.